The van der Waals surface area contributed by atoms with E-state index in [0.717, 1.165) is 0 Å². The van der Waals surface area contributed by atoms with Crippen LogP contribution in [0.2, 0.25) is 0 Å². The van der Waals surface area contributed by atoms with Gasteiger partial charge in [0, 0.05) is 15.5 Å². The van der Waals surface area contributed by atoms with Crippen LogP contribution in [0.25, 0.3) is 0 Å². The van der Waals surface area contributed by atoms with E-state index in [0.29, 0.717) is 0 Å². The van der Waals surface area contributed by atoms with Crippen molar-refractivity contribution < 1.29 is 20.3 Å². The molecule has 4 heteroatoms. The molecule has 1 aliphatic carbocycles. The van der Waals surface area contributed by atoms with E-state index in [2.05, 4.69) is 0 Å². The van der Waals surface area contributed by atoms with Gasteiger partial charge in [-0.25, -0.2) is 0 Å². The minimum atomic E-state index is -4.31. The first-order valence-electron chi connectivity index (χ1n) is 3.07. The van der Waals surface area contributed by atoms with E-state index < -0.39 is 24.6 Å². The Bertz CT molecular complexity index is 139. The van der Waals surface area contributed by atoms with Crippen molar-refractivity contribution in [3.8, 4) is 0 Å². The molecule has 1 fully saturated rings. The second-order valence-corrected chi connectivity index (χ2v) is 1.58. The van der Waals surface area contributed by atoms with Crippen LogP contribution in [0.5, 0.6) is 0 Å². The van der Waals surface area contributed by atoms with Crippen molar-refractivity contribution in [1.29, 1.82) is 0 Å². The molecule has 0 amide bonds. The van der Waals surface area contributed by atoms with Crippen molar-refractivity contribution >= 4 is 0 Å². The van der Waals surface area contributed by atoms with Gasteiger partial charge >= 0.3 is 11.8 Å². The molecule has 8 heavy (non-hydrogen) atoms. The fraction of sp³-hybridized carbons (Fsp3) is 1.00. The summed E-state index contributed by atoms with van der Waals surface area (Å²) in [6.45, 7) is 0. The van der Waals surface area contributed by atoms with Crippen LogP contribution in [-0.4, -0.2) is 11.8 Å². The monoisotopic (exact) mass is 130 g/mol. The Kier molecular flexibility index (Phi) is 0.539. The molecule has 48 valence electrons. The first-order valence-corrected chi connectivity index (χ1v) is 1.92. The highest BCUT2D eigenvalue weighted by Crippen LogP contribution is 2.50. The van der Waals surface area contributed by atoms with E-state index in [1.165, 1.54) is 0 Å². The van der Waals surface area contributed by atoms with E-state index in [9.17, 15) is 17.6 Å². The van der Waals surface area contributed by atoms with E-state index in [-0.39, 0.29) is 0 Å². The molecule has 0 bridgehead atoms. The zero-order valence-electron chi connectivity index (χ0n) is 5.67. The third-order valence-corrected chi connectivity index (χ3v) is 0.946. The second-order valence-electron chi connectivity index (χ2n) is 1.58. The van der Waals surface area contributed by atoms with Gasteiger partial charge in [-0.15, -0.1) is 0 Å². The van der Waals surface area contributed by atoms with Gasteiger partial charge in [0.15, 0.2) is 0 Å². The average Bonchev–Trinajstić information content (AvgIpc) is 1.84. The lowest BCUT2D eigenvalue weighted by Gasteiger charge is -2.35. The second kappa shape index (κ2) is 1.17. The molecule has 0 aliphatic heterocycles. The van der Waals surface area contributed by atoms with Crippen molar-refractivity contribution in [2.45, 2.75) is 24.6 Å². The molecule has 2 atom stereocenters. The zero-order chi connectivity index (χ0) is 8.15. The van der Waals surface area contributed by atoms with Crippen LogP contribution in [0.4, 0.5) is 17.6 Å². The van der Waals surface area contributed by atoms with Crippen molar-refractivity contribution in [3.63, 3.8) is 0 Å². The van der Waals surface area contributed by atoms with Crippen LogP contribution in [-0.2, 0) is 0 Å². The van der Waals surface area contributed by atoms with Gasteiger partial charge in [0.25, 0.3) is 0 Å². The van der Waals surface area contributed by atoms with Gasteiger partial charge in [-0.1, -0.05) is 0 Å². The minimum absolute atomic E-state index is 2.28. The van der Waals surface area contributed by atoms with Crippen LogP contribution in [0.3, 0.4) is 0 Å². The maximum Gasteiger partial charge on any atom is 0.310 e. The van der Waals surface area contributed by atoms with Crippen LogP contribution < -0.4 is 0 Å². The van der Waals surface area contributed by atoms with E-state index >= 15 is 0 Å². The number of halogens is 4. The fourth-order valence-electron chi connectivity index (χ4n) is 0.335. The van der Waals surface area contributed by atoms with Crippen molar-refractivity contribution in [3.05, 3.63) is 0 Å². The normalized spacial score (nSPS) is 53.5. The van der Waals surface area contributed by atoms with Crippen LogP contribution in [0.1, 0.15) is 15.5 Å². The fourth-order valence-corrected chi connectivity index (χ4v) is 0.335. The lowest BCUT2D eigenvalue weighted by atomic mass is 9.90. The molecule has 0 spiro atoms. The van der Waals surface area contributed by atoms with E-state index in [1.807, 2.05) is 0 Å². The number of alkyl halides is 4. The van der Waals surface area contributed by atoms with Gasteiger partial charge in [-0.2, -0.15) is 17.6 Å². The summed E-state index contributed by atoms with van der Waals surface area (Å²) >= 11 is 0. The maximum absolute atomic E-state index is 11.9. The predicted octanol–water partition coefficient (Wildman–Crippen LogP) is 2.05. The number of hydrogen-bond donors (Lipinski definition) is 0. The van der Waals surface area contributed by atoms with Crippen LogP contribution >= 0.6 is 0 Å². The molecule has 1 rings (SSSR count). The molecule has 0 nitrogen and oxygen atoms in total. The topological polar surface area (TPSA) is 0 Å². The lowest BCUT2D eigenvalue weighted by molar-refractivity contribution is -0.275. The summed E-state index contributed by atoms with van der Waals surface area (Å²) in [5, 5.41) is 0. The molecule has 0 aromatic heterocycles. The molecule has 0 saturated heterocycles. The summed E-state index contributed by atoms with van der Waals surface area (Å²) < 4.78 is 60.3. The van der Waals surface area contributed by atoms with Gasteiger partial charge in [0.05, 0.1) is 0 Å². The van der Waals surface area contributed by atoms with Gasteiger partial charge in [0.2, 0.25) is 0 Å². The average molecular weight is 130 g/mol. The Morgan fingerprint density at radius 1 is 1.00 bits per heavy atom. The first kappa shape index (κ1) is 3.69. The van der Waals surface area contributed by atoms with Gasteiger partial charge in [0.1, 0.15) is 0 Å². The summed E-state index contributed by atoms with van der Waals surface area (Å²) in [7, 11) is 0. The Morgan fingerprint density at radius 2 is 1.25 bits per heavy atom. The Balaban J connectivity index is 2.82. The van der Waals surface area contributed by atoms with Crippen molar-refractivity contribution in [1.82, 2.24) is 0 Å². The van der Waals surface area contributed by atoms with Gasteiger partial charge in [-0.3, -0.25) is 0 Å². The summed E-state index contributed by atoms with van der Waals surface area (Å²) in [4.78, 5) is 0. The standard InChI is InChI=1S/C4H4F4/c5-3(6)1-2-4(3,7)8/h1-2H2/i1D,2D/t1-,2-/m0/s1. The molecule has 0 radical (unpaired) electrons. The van der Waals surface area contributed by atoms with E-state index in [1.54, 1.807) is 0 Å². The molecule has 0 unspecified atom stereocenters. The third kappa shape index (κ3) is 0.516. The molecule has 0 aromatic carbocycles. The predicted molar refractivity (Wildman–Crippen MR) is 19.1 cm³/mol. The molecule has 0 aromatic rings. The summed E-state index contributed by atoms with van der Waals surface area (Å²) in [5.74, 6) is -8.61. The zero-order valence-corrected chi connectivity index (χ0v) is 3.67. The lowest BCUT2D eigenvalue weighted by Crippen LogP contribution is -2.50. The van der Waals surface area contributed by atoms with Crippen LogP contribution in [0, 0.1) is 0 Å². The highest BCUT2D eigenvalue weighted by atomic mass is 19.3. The van der Waals surface area contributed by atoms with Crippen molar-refractivity contribution in [2.24, 2.45) is 0 Å². The smallest absolute Gasteiger partial charge is 0.200 e. The molecule has 0 N–H and O–H groups in total. The Labute approximate surface area is 46.3 Å². The number of rotatable bonds is 0. The molecule has 0 heterocycles. The molecular formula is C4H4F4. The highest BCUT2D eigenvalue weighted by molar-refractivity contribution is 4.95. The van der Waals surface area contributed by atoms with E-state index in [4.69, 9.17) is 2.74 Å². The minimum Gasteiger partial charge on any atom is -0.200 e. The third-order valence-electron chi connectivity index (χ3n) is 0.946. The van der Waals surface area contributed by atoms with Gasteiger partial charge < -0.3 is 0 Å². The SMILES string of the molecule is [2H][C@H]1[C@H]([2H])C(F)(F)C1(F)F. The first-order chi connectivity index (χ1) is 4.32. The number of hydrogen-bond acceptors (Lipinski definition) is 0. The van der Waals surface area contributed by atoms with Gasteiger partial charge in [-0.05, 0) is 0 Å². The Hall–Kier alpha value is -0.280. The largest absolute Gasteiger partial charge is 0.310 e. The summed E-state index contributed by atoms with van der Waals surface area (Å²) in [6, 6.07) is 0. The summed E-state index contributed by atoms with van der Waals surface area (Å²) in [5.41, 5.74) is 0. The summed E-state index contributed by atoms with van der Waals surface area (Å²) in [6.07, 6.45) is -4.55. The quantitative estimate of drug-likeness (QED) is 0.440. The Morgan fingerprint density at radius 3 is 1.38 bits per heavy atom. The maximum atomic E-state index is 11.9. The van der Waals surface area contributed by atoms with Crippen LogP contribution in [0.15, 0.2) is 0 Å². The molecule has 1 saturated carbocycles. The molecular weight excluding hydrogens is 124 g/mol. The van der Waals surface area contributed by atoms with Crippen molar-refractivity contribution in [2.75, 3.05) is 0 Å². The molecule has 1 aliphatic rings. The highest BCUT2D eigenvalue weighted by Gasteiger charge is 2.64.